The summed E-state index contributed by atoms with van der Waals surface area (Å²) in [5, 5.41) is 7.83. The number of hydrogen-bond donors (Lipinski definition) is 2. The molecular formula is C18H20N2O2S. The molecule has 5 heteroatoms. The zero-order chi connectivity index (χ0) is 16.1. The fourth-order valence-corrected chi connectivity index (χ4v) is 3.11. The summed E-state index contributed by atoms with van der Waals surface area (Å²) in [6, 6.07) is 13.4. The maximum absolute atomic E-state index is 12.4. The summed E-state index contributed by atoms with van der Waals surface area (Å²) >= 11 is 1.55. The third kappa shape index (κ3) is 4.93. The molecule has 120 valence electrons. The van der Waals surface area contributed by atoms with Gasteiger partial charge in [-0.25, -0.2) is 0 Å². The van der Waals surface area contributed by atoms with Gasteiger partial charge in [0.15, 0.2) is 0 Å². The largest absolute Gasteiger partial charge is 0.352 e. The second-order valence-electron chi connectivity index (χ2n) is 5.85. The van der Waals surface area contributed by atoms with Crippen molar-refractivity contribution in [1.82, 2.24) is 10.6 Å². The van der Waals surface area contributed by atoms with Crippen LogP contribution in [0.15, 0.2) is 47.8 Å². The quantitative estimate of drug-likeness (QED) is 0.819. The highest BCUT2D eigenvalue weighted by Gasteiger charge is 2.28. The van der Waals surface area contributed by atoms with Crippen LogP contribution in [-0.4, -0.2) is 23.9 Å². The molecule has 1 heterocycles. The Morgan fingerprint density at radius 1 is 1.13 bits per heavy atom. The molecule has 0 radical (unpaired) electrons. The molecule has 1 fully saturated rings. The normalized spacial score (nSPS) is 15.0. The Labute approximate surface area is 139 Å². The van der Waals surface area contributed by atoms with Crippen molar-refractivity contribution in [3.05, 3.63) is 58.3 Å². The molecule has 2 N–H and O–H groups in total. The molecule has 0 bridgehead atoms. The van der Waals surface area contributed by atoms with Gasteiger partial charge in [0.25, 0.3) is 0 Å². The predicted octanol–water partition coefficient (Wildman–Crippen LogP) is 2.30. The number of hydrogen-bond acceptors (Lipinski definition) is 3. The second-order valence-corrected chi connectivity index (χ2v) is 6.88. The van der Waals surface area contributed by atoms with Crippen molar-refractivity contribution in [2.75, 3.05) is 0 Å². The molecule has 0 unspecified atom stereocenters. The van der Waals surface area contributed by atoms with E-state index in [1.807, 2.05) is 47.8 Å². The van der Waals surface area contributed by atoms with Gasteiger partial charge in [0, 0.05) is 17.3 Å². The zero-order valence-electron chi connectivity index (χ0n) is 12.8. The van der Waals surface area contributed by atoms with E-state index in [1.54, 1.807) is 11.3 Å². The van der Waals surface area contributed by atoms with Gasteiger partial charge in [-0.1, -0.05) is 36.4 Å². The number of nitrogens with one attached hydrogen (secondary N) is 2. The first kappa shape index (κ1) is 15.7. The molecule has 2 aromatic rings. The highest BCUT2D eigenvalue weighted by molar-refractivity contribution is 7.10. The van der Waals surface area contributed by atoms with Gasteiger partial charge in [0.1, 0.15) is 6.04 Å². The molecule has 1 aromatic carbocycles. The first-order valence-electron chi connectivity index (χ1n) is 7.87. The second kappa shape index (κ2) is 7.42. The van der Waals surface area contributed by atoms with Crippen LogP contribution in [0.25, 0.3) is 0 Å². The van der Waals surface area contributed by atoms with Gasteiger partial charge in [0.05, 0.1) is 6.42 Å². The molecule has 1 aromatic heterocycles. The van der Waals surface area contributed by atoms with Gasteiger partial charge in [-0.3, -0.25) is 9.59 Å². The fraction of sp³-hybridized carbons (Fsp3) is 0.333. The minimum Gasteiger partial charge on any atom is -0.352 e. The molecule has 2 amide bonds. The van der Waals surface area contributed by atoms with Gasteiger partial charge in [-0.15, -0.1) is 11.3 Å². The minimum atomic E-state index is -0.523. The molecule has 1 saturated carbocycles. The summed E-state index contributed by atoms with van der Waals surface area (Å²) in [7, 11) is 0. The topological polar surface area (TPSA) is 58.2 Å². The van der Waals surface area contributed by atoms with Crippen molar-refractivity contribution >= 4 is 23.2 Å². The maximum atomic E-state index is 12.4. The number of carbonyl (C=O) groups excluding carboxylic acids is 2. The standard InChI is InChI=1S/C18H20N2O2S/c21-17(12-15-7-4-10-23-15)20-16(18(22)19-14-8-9-14)11-13-5-2-1-3-6-13/h1-7,10,14,16H,8-9,11-12H2,(H,19,22)(H,20,21)/t16-/m1/s1. The van der Waals surface area contributed by atoms with Crippen molar-refractivity contribution in [2.45, 2.75) is 37.8 Å². The lowest BCUT2D eigenvalue weighted by molar-refractivity contribution is -0.128. The lowest BCUT2D eigenvalue weighted by Crippen LogP contribution is -2.49. The molecule has 1 atom stereocenters. The van der Waals surface area contributed by atoms with E-state index >= 15 is 0 Å². The van der Waals surface area contributed by atoms with Gasteiger partial charge in [0.2, 0.25) is 11.8 Å². The lowest BCUT2D eigenvalue weighted by atomic mass is 10.0. The molecule has 0 saturated heterocycles. The van der Waals surface area contributed by atoms with Crippen molar-refractivity contribution in [2.24, 2.45) is 0 Å². The summed E-state index contributed by atoms with van der Waals surface area (Å²) in [6.07, 6.45) is 2.90. The van der Waals surface area contributed by atoms with E-state index in [1.165, 1.54) is 0 Å². The monoisotopic (exact) mass is 328 g/mol. The van der Waals surface area contributed by atoms with Gasteiger partial charge < -0.3 is 10.6 Å². The molecule has 0 spiro atoms. The van der Waals surface area contributed by atoms with E-state index in [2.05, 4.69) is 10.6 Å². The van der Waals surface area contributed by atoms with E-state index in [9.17, 15) is 9.59 Å². The maximum Gasteiger partial charge on any atom is 0.243 e. The molecule has 3 rings (SSSR count). The molecule has 0 aliphatic heterocycles. The van der Waals surface area contributed by atoms with E-state index in [0.717, 1.165) is 23.3 Å². The van der Waals surface area contributed by atoms with Crippen LogP contribution >= 0.6 is 11.3 Å². The molecule has 23 heavy (non-hydrogen) atoms. The van der Waals surface area contributed by atoms with Crippen molar-refractivity contribution in [1.29, 1.82) is 0 Å². The van der Waals surface area contributed by atoms with Gasteiger partial charge in [-0.05, 0) is 29.9 Å². The zero-order valence-corrected chi connectivity index (χ0v) is 13.6. The number of benzene rings is 1. The van der Waals surface area contributed by atoms with E-state index < -0.39 is 6.04 Å². The molecular weight excluding hydrogens is 308 g/mol. The Morgan fingerprint density at radius 2 is 1.91 bits per heavy atom. The predicted molar refractivity (Wildman–Crippen MR) is 91.3 cm³/mol. The summed E-state index contributed by atoms with van der Waals surface area (Å²) < 4.78 is 0. The first-order chi connectivity index (χ1) is 11.2. The van der Waals surface area contributed by atoms with Gasteiger partial charge >= 0.3 is 0 Å². The van der Waals surface area contributed by atoms with E-state index in [0.29, 0.717) is 12.8 Å². The number of rotatable bonds is 7. The Bertz CT molecular complexity index is 651. The van der Waals surface area contributed by atoms with E-state index in [-0.39, 0.29) is 17.9 Å². The summed E-state index contributed by atoms with van der Waals surface area (Å²) in [5.74, 6) is -0.199. The SMILES string of the molecule is O=C(Cc1cccs1)N[C@H](Cc1ccccc1)C(=O)NC1CC1. The van der Waals surface area contributed by atoms with Crippen molar-refractivity contribution < 1.29 is 9.59 Å². The minimum absolute atomic E-state index is 0.0871. The van der Waals surface area contributed by atoms with Crippen LogP contribution in [0.3, 0.4) is 0 Å². The Kier molecular flexibility index (Phi) is 5.08. The molecule has 1 aliphatic carbocycles. The molecule has 1 aliphatic rings. The van der Waals surface area contributed by atoms with Crippen LogP contribution < -0.4 is 10.6 Å². The van der Waals surface area contributed by atoms with Crippen LogP contribution in [0.2, 0.25) is 0 Å². The van der Waals surface area contributed by atoms with Gasteiger partial charge in [-0.2, -0.15) is 0 Å². The summed E-state index contributed by atoms with van der Waals surface area (Å²) in [6.45, 7) is 0. The van der Waals surface area contributed by atoms with Crippen molar-refractivity contribution in [3.63, 3.8) is 0 Å². The summed E-state index contributed by atoms with van der Waals surface area (Å²) in [5.41, 5.74) is 1.04. The Hall–Kier alpha value is -2.14. The van der Waals surface area contributed by atoms with E-state index in [4.69, 9.17) is 0 Å². The number of carbonyl (C=O) groups is 2. The summed E-state index contributed by atoms with van der Waals surface area (Å²) in [4.78, 5) is 25.6. The number of amides is 2. The van der Waals surface area contributed by atoms with Crippen LogP contribution in [0.4, 0.5) is 0 Å². The van der Waals surface area contributed by atoms with Crippen LogP contribution in [0.1, 0.15) is 23.3 Å². The first-order valence-corrected chi connectivity index (χ1v) is 8.75. The third-order valence-electron chi connectivity index (χ3n) is 3.77. The smallest absolute Gasteiger partial charge is 0.243 e. The average molecular weight is 328 g/mol. The third-order valence-corrected chi connectivity index (χ3v) is 4.65. The highest BCUT2D eigenvalue weighted by Crippen LogP contribution is 2.19. The average Bonchev–Trinajstić information content (AvgIpc) is 3.21. The Balaban J connectivity index is 1.63. The van der Waals surface area contributed by atoms with Crippen LogP contribution in [0.5, 0.6) is 0 Å². The molecule has 4 nitrogen and oxygen atoms in total. The van der Waals surface area contributed by atoms with Crippen molar-refractivity contribution in [3.8, 4) is 0 Å². The highest BCUT2D eigenvalue weighted by atomic mass is 32.1. The Morgan fingerprint density at radius 3 is 2.57 bits per heavy atom. The number of thiophene rings is 1. The fourth-order valence-electron chi connectivity index (χ4n) is 2.41. The van der Waals surface area contributed by atoms with Crippen LogP contribution in [-0.2, 0) is 22.4 Å². The van der Waals surface area contributed by atoms with Crippen LogP contribution in [0, 0.1) is 0 Å². The lowest BCUT2D eigenvalue weighted by Gasteiger charge is -2.18.